The zero-order valence-corrected chi connectivity index (χ0v) is 16.3. The van der Waals surface area contributed by atoms with E-state index in [-0.39, 0.29) is 12.4 Å². The summed E-state index contributed by atoms with van der Waals surface area (Å²) in [6.45, 7) is 4.59. The van der Waals surface area contributed by atoms with E-state index in [9.17, 15) is 0 Å². The Morgan fingerprint density at radius 1 is 0.926 bits per heavy atom. The molecule has 0 bridgehead atoms. The van der Waals surface area contributed by atoms with E-state index in [1.165, 1.54) is 11.1 Å². The molecule has 0 amide bonds. The summed E-state index contributed by atoms with van der Waals surface area (Å²) >= 11 is 0. The largest absolute Gasteiger partial charge is 0.485 e. The highest BCUT2D eigenvalue weighted by Crippen LogP contribution is 2.23. The molecule has 3 rings (SSSR count). The Morgan fingerprint density at radius 2 is 1.56 bits per heavy atom. The van der Waals surface area contributed by atoms with Crippen molar-refractivity contribution in [3.63, 3.8) is 0 Å². The summed E-state index contributed by atoms with van der Waals surface area (Å²) in [5.74, 6) is 1.60. The van der Waals surface area contributed by atoms with Crippen LogP contribution in [-0.2, 0) is 13.0 Å². The van der Waals surface area contributed by atoms with Crippen LogP contribution in [0.5, 0.6) is 5.75 Å². The second-order valence-corrected chi connectivity index (χ2v) is 6.27. The molecule has 0 atom stereocenters. The third-order valence-corrected chi connectivity index (χ3v) is 4.31. The van der Waals surface area contributed by atoms with Gasteiger partial charge in [0.2, 0.25) is 0 Å². The predicted octanol–water partition coefficient (Wildman–Crippen LogP) is 5.33. The number of rotatable bonds is 6. The summed E-state index contributed by atoms with van der Waals surface area (Å²) in [5, 5.41) is 11.4. The third kappa shape index (κ3) is 5.56. The van der Waals surface area contributed by atoms with Crippen LogP contribution >= 0.6 is 12.4 Å². The molecule has 3 aromatic rings. The van der Waals surface area contributed by atoms with Gasteiger partial charge < -0.3 is 10.1 Å². The van der Waals surface area contributed by atoms with Gasteiger partial charge in [0, 0.05) is 12.6 Å². The Balaban J connectivity index is 0.00000261. The molecule has 2 aromatic carbocycles. The van der Waals surface area contributed by atoms with Gasteiger partial charge in [0.25, 0.3) is 0 Å². The molecule has 0 saturated carbocycles. The molecule has 0 saturated heterocycles. The molecule has 0 aliphatic heterocycles. The fraction of sp³-hybridized carbons (Fsp3) is 0.182. The molecule has 0 spiro atoms. The average Bonchev–Trinajstić information content (AvgIpc) is 2.64. The summed E-state index contributed by atoms with van der Waals surface area (Å²) < 4.78 is 5.96. The first-order chi connectivity index (χ1) is 12.6. The Morgan fingerprint density at radius 3 is 2.22 bits per heavy atom. The first kappa shape index (κ1) is 20.5. The minimum absolute atomic E-state index is 0. The second kappa shape index (κ2) is 9.74. The minimum Gasteiger partial charge on any atom is -0.485 e. The topological polar surface area (TPSA) is 58.0 Å². The number of hydrogen-bond acceptors (Lipinski definition) is 3. The van der Waals surface area contributed by atoms with Crippen molar-refractivity contribution in [2.75, 3.05) is 5.32 Å². The van der Waals surface area contributed by atoms with Gasteiger partial charge in [-0.2, -0.15) is 0 Å². The molecule has 4 nitrogen and oxygen atoms in total. The molecular formula is C22H24ClN3O. The SMILES string of the molecule is Cc1ccccc1COc1cccnc1NC(=N)Cc1ccccc1C.Cl. The van der Waals surface area contributed by atoms with Crippen LogP contribution in [0.15, 0.2) is 66.9 Å². The van der Waals surface area contributed by atoms with Gasteiger partial charge in [-0.1, -0.05) is 48.5 Å². The zero-order valence-electron chi connectivity index (χ0n) is 15.5. The van der Waals surface area contributed by atoms with Gasteiger partial charge in [-0.3, -0.25) is 5.41 Å². The first-order valence-corrected chi connectivity index (χ1v) is 8.65. The van der Waals surface area contributed by atoms with Gasteiger partial charge in [0.15, 0.2) is 11.6 Å². The fourth-order valence-electron chi connectivity index (χ4n) is 2.71. The number of amidine groups is 1. The molecule has 2 N–H and O–H groups in total. The molecule has 140 valence electrons. The normalized spacial score (nSPS) is 10.0. The highest BCUT2D eigenvalue weighted by atomic mass is 35.5. The standard InChI is InChI=1S/C22H23N3O.ClH/c1-16-8-3-5-10-18(16)14-21(23)25-22-20(12-7-13-24-22)26-15-19-11-6-4-9-17(19)2;/h3-13H,14-15H2,1-2H3,(H2,23,24,25);1H. The lowest BCUT2D eigenvalue weighted by atomic mass is 10.1. The molecule has 27 heavy (non-hydrogen) atoms. The monoisotopic (exact) mass is 381 g/mol. The second-order valence-electron chi connectivity index (χ2n) is 6.27. The van der Waals surface area contributed by atoms with E-state index in [0.717, 1.165) is 11.1 Å². The van der Waals surface area contributed by atoms with Crippen LogP contribution in [0.1, 0.15) is 22.3 Å². The maximum Gasteiger partial charge on any atom is 0.174 e. The lowest BCUT2D eigenvalue weighted by molar-refractivity contribution is 0.306. The van der Waals surface area contributed by atoms with E-state index < -0.39 is 0 Å². The van der Waals surface area contributed by atoms with E-state index >= 15 is 0 Å². The number of halogens is 1. The molecule has 5 heteroatoms. The van der Waals surface area contributed by atoms with Gasteiger partial charge in [-0.05, 0) is 48.2 Å². The highest BCUT2D eigenvalue weighted by molar-refractivity contribution is 5.94. The number of aromatic nitrogens is 1. The summed E-state index contributed by atoms with van der Waals surface area (Å²) in [6.07, 6.45) is 2.23. The Labute approximate surface area is 166 Å². The lowest BCUT2D eigenvalue weighted by Gasteiger charge is -2.14. The van der Waals surface area contributed by atoms with Crippen LogP contribution in [0.3, 0.4) is 0 Å². The molecule has 1 heterocycles. The minimum atomic E-state index is 0. The number of hydrogen-bond donors (Lipinski definition) is 2. The highest BCUT2D eigenvalue weighted by Gasteiger charge is 2.09. The fourth-order valence-corrected chi connectivity index (χ4v) is 2.71. The van der Waals surface area contributed by atoms with Gasteiger partial charge in [0.05, 0.1) is 0 Å². The molecule has 0 unspecified atom stereocenters. The lowest BCUT2D eigenvalue weighted by Crippen LogP contribution is -2.16. The van der Waals surface area contributed by atoms with E-state index in [2.05, 4.69) is 42.3 Å². The van der Waals surface area contributed by atoms with Crippen molar-refractivity contribution in [1.82, 2.24) is 4.98 Å². The molecule has 0 fully saturated rings. The van der Waals surface area contributed by atoms with Crippen LogP contribution in [0.25, 0.3) is 0 Å². The van der Waals surface area contributed by atoms with Crippen molar-refractivity contribution in [2.24, 2.45) is 0 Å². The van der Waals surface area contributed by atoms with Crippen LogP contribution in [0, 0.1) is 19.3 Å². The van der Waals surface area contributed by atoms with Gasteiger partial charge >= 0.3 is 0 Å². The van der Waals surface area contributed by atoms with E-state index in [4.69, 9.17) is 10.1 Å². The summed E-state index contributed by atoms with van der Waals surface area (Å²) in [5.41, 5.74) is 4.63. The number of aryl methyl sites for hydroxylation is 2. The Hall–Kier alpha value is -2.85. The van der Waals surface area contributed by atoms with Crippen LogP contribution in [0.4, 0.5) is 5.82 Å². The van der Waals surface area contributed by atoms with Crippen LogP contribution < -0.4 is 10.1 Å². The van der Waals surface area contributed by atoms with Gasteiger partial charge in [-0.15, -0.1) is 12.4 Å². The molecule has 0 radical (unpaired) electrons. The number of benzene rings is 2. The Bertz CT molecular complexity index is 911. The van der Waals surface area contributed by atoms with Gasteiger partial charge in [-0.25, -0.2) is 4.98 Å². The third-order valence-electron chi connectivity index (χ3n) is 4.31. The number of nitrogens with zero attached hydrogens (tertiary/aromatic N) is 1. The summed E-state index contributed by atoms with van der Waals surface area (Å²) in [7, 11) is 0. The molecular weight excluding hydrogens is 358 g/mol. The number of nitrogens with one attached hydrogen (secondary N) is 2. The molecule has 0 aliphatic carbocycles. The van der Waals surface area contributed by atoms with Crippen molar-refractivity contribution >= 4 is 24.1 Å². The van der Waals surface area contributed by atoms with Crippen LogP contribution in [0.2, 0.25) is 0 Å². The smallest absolute Gasteiger partial charge is 0.174 e. The van der Waals surface area contributed by atoms with Crippen molar-refractivity contribution < 1.29 is 4.74 Å². The summed E-state index contributed by atoms with van der Waals surface area (Å²) in [4.78, 5) is 4.34. The first-order valence-electron chi connectivity index (χ1n) is 8.65. The Kier molecular flexibility index (Phi) is 7.38. The van der Waals surface area contributed by atoms with Crippen molar-refractivity contribution in [1.29, 1.82) is 5.41 Å². The zero-order chi connectivity index (χ0) is 18.4. The average molecular weight is 382 g/mol. The number of anilines is 1. The van der Waals surface area contributed by atoms with E-state index in [1.54, 1.807) is 6.20 Å². The van der Waals surface area contributed by atoms with E-state index in [1.807, 2.05) is 42.5 Å². The number of pyridine rings is 1. The molecule has 1 aromatic heterocycles. The maximum atomic E-state index is 8.28. The maximum absolute atomic E-state index is 8.28. The predicted molar refractivity (Wildman–Crippen MR) is 113 cm³/mol. The van der Waals surface area contributed by atoms with Gasteiger partial charge in [0.1, 0.15) is 12.4 Å². The summed E-state index contributed by atoms with van der Waals surface area (Å²) in [6, 6.07) is 19.9. The van der Waals surface area contributed by atoms with Crippen LogP contribution in [-0.4, -0.2) is 10.8 Å². The van der Waals surface area contributed by atoms with Crippen molar-refractivity contribution in [2.45, 2.75) is 26.9 Å². The quantitative estimate of drug-likeness (QED) is 0.448. The van der Waals surface area contributed by atoms with Crippen molar-refractivity contribution in [3.05, 3.63) is 89.1 Å². The number of ether oxygens (including phenoxy) is 1. The van der Waals surface area contributed by atoms with E-state index in [0.29, 0.717) is 30.4 Å². The molecule has 0 aliphatic rings. The van der Waals surface area contributed by atoms with Crippen molar-refractivity contribution in [3.8, 4) is 5.75 Å².